The molecule has 44 valence electrons. The zero-order chi connectivity index (χ0) is 6.15. The van der Waals surface area contributed by atoms with E-state index in [0.717, 1.165) is 5.71 Å². The Kier molecular flexibility index (Phi) is 1.16. The molecule has 0 fully saturated rings. The first-order valence-electron chi connectivity index (χ1n) is 2.79. The maximum atomic E-state index is 10.8. The van der Waals surface area contributed by atoms with Gasteiger partial charge in [0.15, 0.2) is 5.78 Å². The van der Waals surface area contributed by atoms with Gasteiger partial charge in [-0.05, 0) is 0 Å². The number of carbonyl (C=O) groups is 1. The lowest BCUT2D eigenvalue weighted by Gasteiger charge is -1.93. The average molecular weight is 111 g/mol. The van der Waals surface area contributed by atoms with Crippen molar-refractivity contribution in [3.8, 4) is 0 Å². The van der Waals surface area contributed by atoms with Gasteiger partial charge in [-0.3, -0.25) is 9.79 Å². The quantitative estimate of drug-likeness (QED) is 0.515. The predicted octanol–water partition coefficient (Wildman–Crippen LogP) is 0.666. The molecule has 1 aliphatic rings. The maximum absolute atomic E-state index is 10.8. The maximum Gasteiger partial charge on any atom is 0.181 e. The first-order valence-corrected chi connectivity index (χ1v) is 2.79. The van der Waals surface area contributed by atoms with Crippen LogP contribution in [0.1, 0.15) is 13.8 Å². The molecule has 1 heterocycles. The monoisotopic (exact) mass is 111 g/mol. The Morgan fingerprint density at radius 3 is 2.38 bits per heavy atom. The standard InChI is InChI=1S/C6H9NO/c1-4(2)6(8)5-3-7-5/h4H,3H2,1-2H3. The number of nitrogens with zero attached hydrogens (tertiary/aromatic N) is 1. The summed E-state index contributed by atoms with van der Waals surface area (Å²) in [5, 5.41) is 0. The van der Waals surface area contributed by atoms with E-state index >= 15 is 0 Å². The smallest absolute Gasteiger partial charge is 0.181 e. The Morgan fingerprint density at radius 1 is 1.75 bits per heavy atom. The summed E-state index contributed by atoms with van der Waals surface area (Å²) in [5.41, 5.74) is 0.778. The Labute approximate surface area is 48.6 Å². The number of hydrogen-bond acceptors (Lipinski definition) is 2. The van der Waals surface area contributed by atoms with Gasteiger partial charge in [-0.15, -0.1) is 0 Å². The molecule has 0 atom stereocenters. The zero-order valence-corrected chi connectivity index (χ0v) is 5.14. The third kappa shape index (κ3) is 0.941. The molecule has 0 saturated heterocycles. The Hall–Kier alpha value is -0.660. The highest BCUT2D eigenvalue weighted by atomic mass is 16.1. The number of ketones is 1. The number of hydrogen-bond donors (Lipinski definition) is 0. The van der Waals surface area contributed by atoms with Crippen LogP contribution in [0.25, 0.3) is 0 Å². The summed E-state index contributed by atoms with van der Waals surface area (Å²) >= 11 is 0. The molecular weight excluding hydrogens is 102 g/mol. The van der Waals surface area contributed by atoms with Gasteiger partial charge in [-0.2, -0.15) is 0 Å². The highest BCUT2D eigenvalue weighted by Gasteiger charge is 2.21. The molecule has 2 heteroatoms. The van der Waals surface area contributed by atoms with Gasteiger partial charge in [-0.1, -0.05) is 13.8 Å². The van der Waals surface area contributed by atoms with Crippen molar-refractivity contribution < 1.29 is 4.79 Å². The molecule has 1 rings (SSSR count). The van der Waals surface area contributed by atoms with E-state index in [2.05, 4.69) is 4.99 Å². The Balaban J connectivity index is 2.46. The molecule has 0 radical (unpaired) electrons. The number of aliphatic imine (C=N–C) groups is 1. The van der Waals surface area contributed by atoms with E-state index in [1.807, 2.05) is 13.8 Å². The highest BCUT2D eigenvalue weighted by Crippen LogP contribution is 2.04. The van der Waals surface area contributed by atoms with Crippen molar-refractivity contribution in [2.24, 2.45) is 10.9 Å². The van der Waals surface area contributed by atoms with E-state index in [-0.39, 0.29) is 11.7 Å². The fraction of sp³-hybridized carbons (Fsp3) is 0.667. The van der Waals surface area contributed by atoms with Crippen LogP contribution in [0.3, 0.4) is 0 Å². The van der Waals surface area contributed by atoms with Gasteiger partial charge in [0.2, 0.25) is 0 Å². The minimum atomic E-state index is 0.135. The van der Waals surface area contributed by atoms with E-state index in [4.69, 9.17) is 0 Å². The van der Waals surface area contributed by atoms with Crippen LogP contribution in [0.5, 0.6) is 0 Å². The molecule has 0 amide bonds. The molecule has 0 aromatic rings. The summed E-state index contributed by atoms with van der Waals surface area (Å²) in [6.45, 7) is 4.48. The molecule has 8 heavy (non-hydrogen) atoms. The van der Waals surface area contributed by atoms with E-state index in [9.17, 15) is 4.79 Å². The van der Waals surface area contributed by atoms with Gasteiger partial charge >= 0.3 is 0 Å². The van der Waals surface area contributed by atoms with Crippen molar-refractivity contribution >= 4 is 11.5 Å². The highest BCUT2D eigenvalue weighted by molar-refractivity contribution is 6.46. The van der Waals surface area contributed by atoms with Crippen LogP contribution in [0.15, 0.2) is 4.99 Å². The fourth-order valence-electron chi connectivity index (χ4n) is 0.529. The topological polar surface area (TPSA) is 29.4 Å². The minimum Gasteiger partial charge on any atom is -0.292 e. The lowest BCUT2D eigenvalue weighted by Crippen LogP contribution is -2.12. The number of Topliss-reactive ketones (excluding diaryl/α,β-unsaturated/α-hetero) is 1. The lowest BCUT2D eigenvalue weighted by atomic mass is 10.1. The van der Waals surface area contributed by atoms with Crippen LogP contribution in [0.2, 0.25) is 0 Å². The van der Waals surface area contributed by atoms with E-state index in [1.165, 1.54) is 0 Å². The van der Waals surface area contributed by atoms with Gasteiger partial charge < -0.3 is 0 Å². The minimum absolute atomic E-state index is 0.135. The van der Waals surface area contributed by atoms with Crippen LogP contribution in [0.4, 0.5) is 0 Å². The van der Waals surface area contributed by atoms with Crippen molar-refractivity contribution in [2.45, 2.75) is 13.8 Å². The molecule has 0 spiro atoms. The van der Waals surface area contributed by atoms with Crippen LogP contribution in [-0.4, -0.2) is 18.0 Å². The normalized spacial score (nSPS) is 16.1. The van der Waals surface area contributed by atoms with Gasteiger partial charge in [0.25, 0.3) is 0 Å². The SMILES string of the molecule is CC(C)C(=O)C1=NC1. The largest absolute Gasteiger partial charge is 0.292 e. The first kappa shape index (κ1) is 5.48. The van der Waals surface area contributed by atoms with Crippen molar-refractivity contribution in [3.63, 3.8) is 0 Å². The molecule has 0 aromatic heterocycles. The van der Waals surface area contributed by atoms with Crippen LogP contribution < -0.4 is 0 Å². The second-order valence-electron chi connectivity index (χ2n) is 2.28. The van der Waals surface area contributed by atoms with Crippen molar-refractivity contribution in [1.82, 2.24) is 0 Å². The van der Waals surface area contributed by atoms with Crippen molar-refractivity contribution in [3.05, 3.63) is 0 Å². The van der Waals surface area contributed by atoms with Gasteiger partial charge in [0.05, 0.1) is 12.3 Å². The third-order valence-electron chi connectivity index (χ3n) is 1.13. The summed E-state index contributed by atoms with van der Waals surface area (Å²) < 4.78 is 0. The van der Waals surface area contributed by atoms with Crippen LogP contribution in [-0.2, 0) is 4.79 Å². The van der Waals surface area contributed by atoms with E-state index in [1.54, 1.807) is 0 Å². The van der Waals surface area contributed by atoms with Gasteiger partial charge in [-0.25, -0.2) is 0 Å². The summed E-state index contributed by atoms with van der Waals surface area (Å²) in [4.78, 5) is 14.6. The number of carbonyl (C=O) groups excluding carboxylic acids is 1. The summed E-state index contributed by atoms with van der Waals surface area (Å²) in [6, 6.07) is 0. The second kappa shape index (κ2) is 1.69. The molecule has 0 unspecified atom stereocenters. The molecule has 2 nitrogen and oxygen atoms in total. The summed E-state index contributed by atoms with van der Waals surface area (Å²) in [5.74, 6) is 0.348. The van der Waals surface area contributed by atoms with Gasteiger partial charge in [0, 0.05) is 5.92 Å². The third-order valence-corrected chi connectivity index (χ3v) is 1.13. The van der Waals surface area contributed by atoms with Gasteiger partial charge in [0.1, 0.15) is 0 Å². The molecule has 0 aromatic carbocycles. The zero-order valence-electron chi connectivity index (χ0n) is 5.14. The molecule has 0 saturated carbocycles. The molecule has 0 aliphatic carbocycles. The second-order valence-corrected chi connectivity index (χ2v) is 2.28. The molecule has 0 bridgehead atoms. The van der Waals surface area contributed by atoms with E-state index in [0.29, 0.717) is 6.54 Å². The summed E-state index contributed by atoms with van der Waals surface area (Å²) in [6.07, 6.45) is 0. The Morgan fingerprint density at radius 2 is 2.25 bits per heavy atom. The van der Waals surface area contributed by atoms with E-state index < -0.39 is 0 Å². The van der Waals surface area contributed by atoms with Crippen LogP contribution in [0, 0.1) is 5.92 Å². The average Bonchev–Trinajstić information content (AvgIpc) is 2.43. The lowest BCUT2D eigenvalue weighted by molar-refractivity contribution is -0.115. The number of rotatable bonds is 2. The van der Waals surface area contributed by atoms with Crippen LogP contribution >= 0.6 is 0 Å². The summed E-state index contributed by atoms with van der Waals surface area (Å²) in [7, 11) is 0. The Bertz CT molecular complexity index is 147. The van der Waals surface area contributed by atoms with Crippen molar-refractivity contribution in [2.75, 3.05) is 6.54 Å². The first-order chi connectivity index (χ1) is 3.72. The molecule has 1 aliphatic heterocycles. The predicted molar refractivity (Wildman–Crippen MR) is 32.1 cm³/mol. The van der Waals surface area contributed by atoms with Crippen molar-refractivity contribution in [1.29, 1.82) is 0 Å². The molecular formula is C6H9NO. The fourth-order valence-corrected chi connectivity index (χ4v) is 0.529. The molecule has 0 N–H and O–H groups in total.